The van der Waals surface area contributed by atoms with Crippen LogP contribution < -0.4 is 10.6 Å². The topological polar surface area (TPSA) is 87.2 Å². The van der Waals surface area contributed by atoms with Crippen molar-refractivity contribution in [3.63, 3.8) is 0 Å². The maximum Gasteiger partial charge on any atom is 0.227 e. The standard InChI is InChI=1S/C13H17N5O2/c19-11-3-2-9(6-16-11)12(20)18-7-10(8-18)17-13-14-4-1-5-15-13/h1,4-5,9-10H,2-3,6-8H2,(H,16,19)(H,14,15,17). The van der Waals surface area contributed by atoms with Gasteiger partial charge in [0.1, 0.15) is 0 Å². The Morgan fingerprint density at radius 2 is 2.10 bits per heavy atom. The van der Waals surface area contributed by atoms with Gasteiger partial charge in [-0.2, -0.15) is 0 Å². The zero-order valence-corrected chi connectivity index (χ0v) is 11.1. The largest absolute Gasteiger partial charge is 0.355 e. The number of aromatic nitrogens is 2. The fourth-order valence-electron chi connectivity index (χ4n) is 2.51. The minimum atomic E-state index is -0.0679. The number of carbonyl (C=O) groups is 2. The molecule has 3 rings (SSSR count). The lowest BCUT2D eigenvalue weighted by Crippen LogP contribution is -2.59. The van der Waals surface area contributed by atoms with Crippen LogP contribution in [0.2, 0.25) is 0 Å². The van der Waals surface area contributed by atoms with Gasteiger partial charge in [0.25, 0.3) is 0 Å². The highest BCUT2D eigenvalue weighted by atomic mass is 16.2. The number of nitrogens with one attached hydrogen (secondary N) is 2. The van der Waals surface area contributed by atoms with E-state index in [1.165, 1.54) is 0 Å². The molecular weight excluding hydrogens is 258 g/mol. The molecule has 2 amide bonds. The fraction of sp³-hybridized carbons (Fsp3) is 0.538. The molecule has 106 valence electrons. The number of carbonyl (C=O) groups excluding carboxylic acids is 2. The van der Waals surface area contributed by atoms with Gasteiger partial charge in [0.2, 0.25) is 17.8 Å². The van der Waals surface area contributed by atoms with E-state index in [0.29, 0.717) is 38.4 Å². The second-order valence-corrected chi connectivity index (χ2v) is 5.20. The summed E-state index contributed by atoms with van der Waals surface area (Å²) in [6, 6.07) is 1.97. The Balaban J connectivity index is 1.45. The molecule has 2 fully saturated rings. The average Bonchev–Trinajstić information content (AvgIpc) is 2.44. The number of nitrogens with zero attached hydrogens (tertiary/aromatic N) is 3. The van der Waals surface area contributed by atoms with Crippen molar-refractivity contribution in [2.45, 2.75) is 18.9 Å². The molecule has 0 aliphatic carbocycles. The van der Waals surface area contributed by atoms with Crippen LogP contribution >= 0.6 is 0 Å². The van der Waals surface area contributed by atoms with Gasteiger partial charge in [-0.25, -0.2) is 9.97 Å². The Morgan fingerprint density at radius 3 is 2.75 bits per heavy atom. The number of piperidine rings is 1. The van der Waals surface area contributed by atoms with E-state index in [2.05, 4.69) is 20.6 Å². The summed E-state index contributed by atoms with van der Waals surface area (Å²) in [5.41, 5.74) is 0. The van der Waals surface area contributed by atoms with E-state index in [-0.39, 0.29) is 23.8 Å². The first-order chi connectivity index (χ1) is 9.72. The van der Waals surface area contributed by atoms with Gasteiger partial charge in [-0.15, -0.1) is 0 Å². The quantitative estimate of drug-likeness (QED) is 0.785. The van der Waals surface area contributed by atoms with E-state index < -0.39 is 0 Å². The molecule has 3 heterocycles. The van der Waals surface area contributed by atoms with Crippen LogP contribution in [0.1, 0.15) is 12.8 Å². The monoisotopic (exact) mass is 275 g/mol. The fourth-order valence-corrected chi connectivity index (χ4v) is 2.51. The van der Waals surface area contributed by atoms with Crippen molar-refractivity contribution >= 4 is 17.8 Å². The molecule has 0 saturated carbocycles. The van der Waals surface area contributed by atoms with Gasteiger partial charge in [0.05, 0.1) is 12.0 Å². The molecule has 0 spiro atoms. The van der Waals surface area contributed by atoms with E-state index >= 15 is 0 Å². The molecule has 1 aromatic rings. The zero-order valence-electron chi connectivity index (χ0n) is 11.1. The molecular formula is C13H17N5O2. The van der Waals surface area contributed by atoms with E-state index in [0.717, 1.165) is 0 Å². The van der Waals surface area contributed by atoms with Gasteiger partial charge >= 0.3 is 0 Å². The lowest BCUT2D eigenvalue weighted by Gasteiger charge is -2.41. The van der Waals surface area contributed by atoms with Gasteiger partial charge in [-0.3, -0.25) is 9.59 Å². The Kier molecular flexibility index (Phi) is 3.49. The molecule has 7 nitrogen and oxygen atoms in total. The Hall–Kier alpha value is -2.18. The van der Waals surface area contributed by atoms with Crippen LogP contribution in [0.25, 0.3) is 0 Å². The van der Waals surface area contributed by atoms with Crippen molar-refractivity contribution in [2.75, 3.05) is 25.0 Å². The van der Waals surface area contributed by atoms with E-state index in [1.54, 1.807) is 18.5 Å². The highest BCUT2D eigenvalue weighted by Gasteiger charge is 2.35. The van der Waals surface area contributed by atoms with Crippen LogP contribution in [0.15, 0.2) is 18.5 Å². The van der Waals surface area contributed by atoms with Crippen molar-refractivity contribution in [2.24, 2.45) is 5.92 Å². The molecule has 7 heteroatoms. The van der Waals surface area contributed by atoms with Crippen molar-refractivity contribution < 1.29 is 9.59 Å². The molecule has 2 aliphatic heterocycles. The minimum Gasteiger partial charge on any atom is -0.355 e. The second kappa shape index (κ2) is 5.44. The summed E-state index contributed by atoms with van der Waals surface area (Å²) in [4.78, 5) is 33.3. The number of anilines is 1. The molecule has 2 aliphatic rings. The summed E-state index contributed by atoms with van der Waals surface area (Å²) in [5, 5.41) is 5.93. The Bertz CT molecular complexity index is 491. The summed E-state index contributed by atoms with van der Waals surface area (Å²) in [7, 11) is 0. The molecule has 1 unspecified atom stereocenters. The van der Waals surface area contributed by atoms with Gasteiger partial charge in [-0.1, -0.05) is 0 Å². The maximum atomic E-state index is 12.2. The Labute approximate surface area is 116 Å². The summed E-state index contributed by atoms with van der Waals surface area (Å²) in [6.45, 7) is 1.80. The number of amides is 2. The lowest BCUT2D eigenvalue weighted by atomic mass is 9.95. The van der Waals surface area contributed by atoms with Crippen molar-refractivity contribution in [1.29, 1.82) is 0 Å². The van der Waals surface area contributed by atoms with E-state index in [1.807, 2.05) is 4.90 Å². The summed E-state index contributed by atoms with van der Waals surface area (Å²) in [5.74, 6) is 0.701. The van der Waals surface area contributed by atoms with Crippen molar-refractivity contribution in [1.82, 2.24) is 20.2 Å². The second-order valence-electron chi connectivity index (χ2n) is 5.20. The first-order valence-electron chi connectivity index (χ1n) is 6.81. The molecule has 0 bridgehead atoms. The minimum absolute atomic E-state index is 0.0402. The highest BCUT2D eigenvalue weighted by molar-refractivity contribution is 5.84. The van der Waals surface area contributed by atoms with Crippen molar-refractivity contribution in [3.8, 4) is 0 Å². The van der Waals surface area contributed by atoms with Crippen molar-refractivity contribution in [3.05, 3.63) is 18.5 Å². The predicted molar refractivity (Wildman–Crippen MR) is 71.8 cm³/mol. The first-order valence-corrected chi connectivity index (χ1v) is 6.81. The third kappa shape index (κ3) is 2.71. The average molecular weight is 275 g/mol. The third-order valence-electron chi connectivity index (χ3n) is 3.71. The predicted octanol–water partition coefficient (Wildman–Crippen LogP) is -0.374. The molecule has 0 aromatic carbocycles. The van der Waals surface area contributed by atoms with Crippen LogP contribution in [0.5, 0.6) is 0 Å². The summed E-state index contributed by atoms with van der Waals surface area (Å²) >= 11 is 0. The number of hydrogen-bond acceptors (Lipinski definition) is 5. The van der Waals surface area contributed by atoms with Gasteiger partial charge in [-0.05, 0) is 12.5 Å². The zero-order chi connectivity index (χ0) is 13.9. The normalized spacial score (nSPS) is 22.9. The van der Waals surface area contributed by atoms with Gasteiger partial charge in [0.15, 0.2) is 0 Å². The Morgan fingerprint density at radius 1 is 1.35 bits per heavy atom. The maximum absolute atomic E-state index is 12.2. The molecule has 2 N–H and O–H groups in total. The SMILES string of the molecule is O=C1CCC(C(=O)N2CC(Nc3ncccn3)C2)CN1. The third-order valence-corrected chi connectivity index (χ3v) is 3.71. The summed E-state index contributed by atoms with van der Waals surface area (Å²) < 4.78 is 0. The molecule has 1 aromatic heterocycles. The van der Waals surface area contributed by atoms with Gasteiger partial charge < -0.3 is 15.5 Å². The lowest BCUT2D eigenvalue weighted by molar-refractivity contribution is -0.141. The van der Waals surface area contributed by atoms with Crippen LogP contribution in [0.4, 0.5) is 5.95 Å². The van der Waals surface area contributed by atoms with Gasteiger partial charge in [0, 0.05) is 38.4 Å². The molecule has 2 saturated heterocycles. The number of hydrogen-bond donors (Lipinski definition) is 2. The number of rotatable bonds is 3. The van der Waals surface area contributed by atoms with E-state index in [4.69, 9.17) is 0 Å². The molecule has 20 heavy (non-hydrogen) atoms. The molecule has 1 atom stereocenters. The van der Waals surface area contributed by atoms with Crippen LogP contribution in [0, 0.1) is 5.92 Å². The summed E-state index contributed by atoms with van der Waals surface area (Å²) in [6.07, 6.45) is 4.47. The van der Waals surface area contributed by atoms with Crippen LogP contribution in [-0.2, 0) is 9.59 Å². The highest BCUT2D eigenvalue weighted by Crippen LogP contribution is 2.19. The number of likely N-dealkylation sites (tertiary alicyclic amines) is 1. The van der Waals surface area contributed by atoms with Crippen LogP contribution in [0.3, 0.4) is 0 Å². The van der Waals surface area contributed by atoms with E-state index in [9.17, 15) is 9.59 Å². The van der Waals surface area contributed by atoms with Crippen LogP contribution in [-0.4, -0.2) is 52.4 Å². The smallest absolute Gasteiger partial charge is 0.227 e. The molecule has 0 radical (unpaired) electrons. The first kappa shape index (κ1) is 12.8.